The number of primary amides is 1. The summed E-state index contributed by atoms with van der Waals surface area (Å²) in [6.07, 6.45) is 4.20. The molecule has 0 heterocycles. The van der Waals surface area contributed by atoms with Crippen molar-refractivity contribution in [2.75, 3.05) is 0 Å². The number of nitrogens with two attached hydrogens (primary N) is 1. The molecule has 0 bridgehead atoms. The molecule has 2 aliphatic carbocycles. The van der Waals surface area contributed by atoms with E-state index in [0.29, 0.717) is 18.4 Å². The zero-order valence-electron chi connectivity index (χ0n) is 14.2. The molecule has 3 N–H and O–H groups in total. The third-order valence-electron chi connectivity index (χ3n) is 5.72. The molecule has 1 spiro atoms. The number of rotatable bonds is 3. The number of benzene rings is 1. The Morgan fingerprint density at radius 2 is 1.81 bits per heavy atom. The van der Waals surface area contributed by atoms with Gasteiger partial charge in [-0.1, -0.05) is 36.9 Å². The minimum atomic E-state index is -1.65. The predicted octanol–water partition coefficient (Wildman–Crippen LogP) is 2.72. The maximum Gasteiger partial charge on any atom is 0.321 e. The molecule has 1 aromatic carbocycles. The van der Waals surface area contributed by atoms with Gasteiger partial charge in [-0.05, 0) is 36.0 Å². The molecule has 6 nitrogen and oxygen atoms in total. The molecule has 2 fully saturated rings. The normalized spacial score (nSPS) is 25.3. The SMILES string of the molecule is NC(=O)c1ccc(C2C(=O)C(C(=O)O)C(=O)CC23CCCCC3)c(Cl)c1. The zero-order chi connectivity index (χ0) is 19.1. The lowest BCUT2D eigenvalue weighted by atomic mass is 9.55. The summed E-state index contributed by atoms with van der Waals surface area (Å²) in [5, 5.41) is 9.58. The summed E-state index contributed by atoms with van der Waals surface area (Å²) in [4.78, 5) is 48.4. The topological polar surface area (TPSA) is 115 Å². The fourth-order valence-corrected chi connectivity index (χ4v) is 4.85. The van der Waals surface area contributed by atoms with E-state index >= 15 is 0 Å². The first-order valence-electron chi connectivity index (χ1n) is 8.65. The molecule has 3 rings (SSSR count). The van der Waals surface area contributed by atoms with Crippen molar-refractivity contribution in [3.63, 3.8) is 0 Å². The van der Waals surface area contributed by atoms with Crippen LogP contribution in [0, 0.1) is 11.3 Å². The van der Waals surface area contributed by atoms with Gasteiger partial charge in [0.25, 0.3) is 0 Å². The van der Waals surface area contributed by atoms with Gasteiger partial charge < -0.3 is 10.8 Å². The lowest BCUT2D eigenvalue weighted by Crippen LogP contribution is -2.50. The lowest BCUT2D eigenvalue weighted by Gasteiger charge is -2.47. The average Bonchev–Trinajstić information content (AvgIpc) is 2.56. The van der Waals surface area contributed by atoms with Crippen molar-refractivity contribution < 1.29 is 24.3 Å². The molecule has 1 amide bonds. The van der Waals surface area contributed by atoms with Crippen LogP contribution in [0.15, 0.2) is 18.2 Å². The van der Waals surface area contributed by atoms with E-state index in [1.54, 1.807) is 6.07 Å². The maximum absolute atomic E-state index is 13.1. The maximum atomic E-state index is 13.1. The predicted molar refractivity (Wildman–Crippen MR) is 94.0 cm³/mol. The minimum absolute atomic E-state index is 0.0638. The number of ketones is 2. The Bertz CT molecular complexity index is 797. The third-order valence-corrected chi connectivity index (χ3v) is 6.05. The van der Waals surface area contributed by atoms with Crippen molar-refractivity contribution in [1.82, 2.24) is 0 Å². The van der Waals surface area contributed by atoms with Gasteiger partial charge in [-0.2, -0.15) is 0 Å². The number of aliphatic carboxylic acids is 1. The smallest absolute Gasteiger partial charge is 0.321 e. The number of amides is 1. The van der Waals surface area contributed by atoms with Crippen molar-refractivity contribution in [3.05, 3.63) is 34.3 Å². The van der Waals surface area contributed by atoms with Gasteiger partial charge in [-0.25, -0.2) is 0 Å². The zero-order valence-corrected chi connectivity index (χ0v) is 14.9. The van der Waals surface area contributed by atoms with E-state index in [-0.39, 0.29) is 17.0 Å². The molecule has 0 aromatic heterocycles. The highest BCUT2D eigenvalue weighted by atomic mass is 35.5. The van der Waals surface area contributed by atoms with Crippen LogP contribution in [-0.2, 0) is 14.4 Å². The number of carbonyl (C=O) groups is 4. The molecule has 138 valence electrons. The summed E-state index contributed by atoms with van der Waals surface area (Å²) in [6, 6.07) is 4.45. The number of halogens is 1. The Hall–Kier alpha value is -2.21. The highest BCUT2D eigenvalue weighted by Gasteiger charge is 2.55. The second kappa shape index (κ2) is 6.83. The number of Topliss-reactive ketones (excluding diaryl/α,β-unsaturated/α-hetero) is 2. The molecule has 2 aliphatic rings. The average molecular weight is 378 g/mol. The summed E-state index contributed by atoms with van der Waals surface area (Å²) in [7, 11) is 0. The van der Waals surface area contributed by atoms with Crippen LogP contribution >= 0.6 is 11.6 Å². The van der Waals surface area contributed by atoms with Crippen LogP contribution in [-0.4, -0.2) is 28.5 Å². The minimum Gasteiger partial charge on any atom is -0.480 e. The Morgan fingerprint density at radius 1 is 1.15 bits per heavy atom. The van der Waals surface area contributed by atoms with Crippen molar-refractivity contribution in [2.45, 2.75) is 44.4 Å². The van der Waals surface area contributed by atoms with E-state index in [9.17, 15) is 24.3 Å². The highest BCUT2D eigenvalue weighted by Crippen LogP contribution is 2.55. The Morgan fingerprint density at radius 3 is 2.35 bits per heavy atom. The number of hydrogen-bond acceptors (Lipinski definition) is 4. The van der Waals surface area contributed by atoms with E-state index < -0.39 is 40.7 Å². The van der Waals surface area contributed by atoms with Gasteiger partial charge in [0.05, 0.1) is 5.92 Å². The lowest BCUT2D eigenvalue weighted by molar-refractivity contribution is -0.156. The van der Waals surface area contributed by atoms with Gasteiger partial charge in [0.15, 0.2) is 17.5 Å². The van der Waals surface area contributed by atoms with E-state index in [0.717, 1.165) is 19.3 Å². The summed E-state index contributed by atoms with van der Waals surface area (Å²) in [5.41, 5.74) is 5.35. The van der Waals surface area contributed by atoms with Crippen LogP contribution in [0.25, 0.3) is 0 Å². The number of carboxylic acids is 1. The van der Waals surface area contributed by atoms with Gasteiger partial charge in [-0.3, -0.25) is 19.2 Å². The van der Waals surface area contributed by atoms with Gasteiger partial charge in [-0.15, -0.1) is 0 Å². The van der Waals surface area contributed by atoms with Crippen molar-refractivity contribution >= 4 is 35.0 Å². The van der Waals surface area contributed by atoms with Crippen LogP contribution in [0.4, 0.5) is 0 Å². The van der Waals surface area contributed by atoms with Crippen LogP contribution < -0.4 is 5.73 Å². The second-order valence-corrected chi connectivity index (χ2v) is 7.68. The molecule has 0 saturated heterocycles. The molecule has 2 saturated carbocycles. The van der Waals surface area contributed by atoms with Gasteiger partial charge >= 0.3 is 5.97 Å². The molecule has 26 heavy (non-hydrogen) atoms. The van der Waals surface area contributed by atoms with Crippen molar-refractivity contribution in [2.24, 2.45) is 17.1 Å². The van der Waals surface area contributed by atoms with Crippen LogP contribution in [0.1, 0.15) is 60.4 Å². The number of hydrogen-bond donors (Lipinski definition) is 2. The highest BCUT2D eigenvalue weighted by molar-refractivity contribution is 6.32. The van der Waals surface area contributed by atoms with E-state index in [4.69, 9.17) is 17.3 Å². The van der Waals surface area contributed by atoms with E-state index in [2.05, 4.69) is 0 Å². The number of carboxylic acid groups (broad SMARTS) is 1. The van der Waals surface area contributed by atoms with Crippen molar-refractivity contribution in [3.8, 4) is 0 Å². The summed E-state index contributed by atoms with van der Waals surface area (Å²) >= 11 is 6.35. The van der Waals surface area contributed by atoms with Crippen LogP contribution in [0.3, 0.4) is 0 Å². The van der Waals surface area contributed by atoms with Gasteiger partial charge in [0.2, 0.25) is 5.91 Å². The first-order valence-corrected chi connectivity index (χ1v) is 9.03. The van der Waals surface area contributed by atoms with Crippen molar-refractivity contribution in [1.29, 1.82) is 0 Å². The largest absolute Gasteiger partial charge is 0.480 e. The summed E-state index contributed by atoms with van der Waals surface area (Å²) in [6.45, 7) is 0. The standard InChI is InChI=1S/C19H20ClNO5/c20-12-8-10(17(21)24)4-5-11(12)15-16(23)14(18(25)26)13(22)9-19(15)6-2-1-3-7-19/h4-5,8,14-15H,1-3,6-7,9H2,(H2,21,24)(H,25,26). The Balaban J connectivity index is 2.12. The molecular weight excluding hydrogens is 358 g/mol. The Kier molecular flexibility index (Phi) is 4.88. The molecule has 0 aliphatic heterocycles. The first kappa shape index (κ1) is 18.6. The molecule has 7 heteroatoms. The fourth-order valence-electron chi connectivity index (χ4n) is 4.56. The molecular formula is C19H20ClNO5. The van der Waals surface area contributed by atoms with E-state index in [1.807, 2.05) is 0 Å². The summed E-state index contributed by atoms with van der Waals surface area (Å²) < 4.78 is 0. The molecule has 0 radical (unpaired) electrons. The second-order valence-electron chi connectivity index (χ2n) is 7.27. The number of carbonyl (C=O) groups excluding carboxylic acids is 3. The van der Waals surface area contributed by atoms with Gasteiger partial charge in [0.1, 0.15) is 0 Å². The van der Waals surface area contributed by atoms with Crippen LogP contribution in [0.5, 0.6) is 0 Å². The summed E-state index contributed by atoms with van der Waals surface area (Å²) in [5.74, 6) is -5.61. The molecule has 2 unspecified atom stereocenters. The fraction of sp³-hybridized carbons (Fsp3) is 0.474. The Labute approximate surface area is 155 Å². The first-order chi connectivity index (χ1) is 12.3. The quantitative estimate of drug-likeness (QED) is 0.786. The van der Waals surface area contributed by atoms with E-state index in [1.165, 1.54) is 12.1 Å². The van der Waals surface area contributed by atoms with Crippen LogP contribution in [0.2, 0.25) is 5.02 Å². The third kappa shape index (κ3) is 3.03. The molecule has 2 atom stereocenters. The van der Waals surface area contributed by atoms with Gasteiger partial charge in [0, 0.05) is 17.0 Å². The monoisotopic (exact) mass is 377 g/mol. The molecule has 1 aromatic rings.